The highest BCUT2D eigenvalue weighted by Crippen LogP contribution is 2.38. The van der Waals surface area contributed by atoms with Crippen LogP contribution < -0.4 is 15.6 Å². The fourth-order valence-electron chi connectivity index (χ4n) is 5.32. The van der Waals surface area contributed by atoms with Crippen molar-refractivity contribution in [2.75, 3.05) is 36.4 Å². The Bertz CT molecular complexity index is 1860. The summed E-state index contributed by atoms with van der Waals surface area (Å²) < 4.78 is 18.0. The van der Waals surface area contributed by atoms with Gasteiger partial charge < -0.3 is 24.8 Å². The molecule has 6 rings (SSSR count). The number of fused-ring (bicyclic) bond motifs is 1. The quantitative estimate of drug-likeness (QED) is 0.181. The molecule has 1 aliphatic carbocycles. The van der Waals surface area contributed by atoms with E-state index in [1.807, 2.05) is 29.2 Å². The number of anilines is 2. The van der Waals surface area contributed by atoms with Crippen LogP contribution in [-0.4, -0.2) is 58.5 Å². The van der Waals surface area contributed by atoms with Crippen LogP contribution in [0.4, 0.5) is 20.6 Å². The van der Waals surface area contributed by atoms with E-state index >= 15 is 4.39 Å². The minimum atomic E-state index is -1.33. The molecule has 2 heterocycles. The van der Waals surface area contributed by atoms with Gasteiger partial charge in [0.05, 0.1) is 11.2 Å². The number of aromatic carboxylic acids is 1. The predicted octanol–water partition coefficient (Wildman–Crippen LogP) is 6.19. The first-order chi connectivity index (χ1) is 21.2. The molecule has 2 aliphatic rings. The lowest BCUT2D eigenvalue weighted by molar-refractivity contribution is 0.0694. The van der Waals surface area contributed by atoms with E-state index in [9.17, 15) is 24.3 Å². The topological polar surface area (TPSA) is 112 Å². The minimum Gasteiger partial charge on any atom is -0.477 e. The second-order valence-electron chi connectivity index (χ2n) is 10.9. The van der Waals surface area contributed by atoms with Gasteiger partial charge in [-0.3, -0.25) is 9.59 Å². The molecule has 2 fully saturated rings. The van der Waals surface area contributed by atoms with Gasteiger partial charge in [-0.2, -0.15) is 0 Å². The second-order valence-corrected chi connectivity index (χ2v) is 11.8. The average molecular weight is 660 g/mol. The lowest BCUT2D eigenvalue weighted by Crippen LogP contribution is -2.50. The first kappa shape index (κ1) is 29.3. The third kappa shape index (κ3) is 6.14. The van der Waals surface area contributed by atoms with Crippen LogP contribution in [-0.2, 0) is 0 Å². The van der Waals surface area contributed by atoms with Gasteiger partial charge in [0.2, 0.25) is 5.43 Å². The van der Waals surface area contributed by atoms with Crippen molar-refractivity contribution in [3.63, 3.8) is 0 Å². The number of carbonyl (C=O) groups is 3. The zero-order valence-corrected chi connectivity index (χ0v) is 25.1. The molecule has 0 unspecified atom stereocenters. The summed E-state index contributed by atoms with van der Waals surface area (Å²) in [4.78, 5) is 53.4. The molecule has 0 bridgehead atoms. The summed E-state index contributed by atoms with van der Waals surface area (Å²) in [5.41, 5.74) is 1.69. The number of benzene rings is 3. The predicted molar refractivity (Wildman–Crippen MR) is 170 cm³/mol. The van der Waals surface area contributed by atoms with Crippen molar-refractivity contribution < 1.29 is 23.9 Å². The number of nitrogens with one attached hydrogen (secondary N) is 1. The molecule has 0 atom stereocenters. The lowest BCUT2D eigenvalue weighted by atomic mass is 10.1. The van der Waals surface area contributed by atoms with Gasteiger partial charge in [-0.1, -0.05) is 34.1 Å². The van der Waals surface area contributed by atoms with Crippen LogP contribution in [0, 0.1) is 5.82 Å². The molecule has 11 heteroatoms. The smallest absolute Gasteiger partial charge is 0.341 e. The van der Waals surface area contributed by atoms with E-state index in [0.717, 1.165) is 28.9 Å². The summed E-state index contributed by atoms with van der Waals surface area (Å²) in [6, 6.07) is 16.8. The maximum Gasteiger partial charge on any atom is 0.341 e. The van der Waals surface area contributed by atoms with Crippen molar-refractivity contribution in [3.05, 3.63) is 110 Å². The van der Waals surface area contributed by atoms with Crippen LogP contribution in [0.2, 0.25) is 0 Å². The average Bonchev–Trinajstić information content (AvgIpc) is 3.87. The number of pyridine rings is 1. The van der Waals surface area contributed by atoms with Gasteiger partial charge in [-0.15, -0.1) is 0 Å². The van der Waals surface area contributed by atoms with E-state index in [1.54, 1.807) is 45.9 Å². The Morgan fingerprint density at radius 3 is 2.27 bits per heavy atom. The summed E-state index contributed by atoms with van der Waals surface area (Å²) >= 11 is 3.38. The third-order valence-electron chi connectivity index (χ3n) is 7.90. The Labute approximate surface area is 260 Å². The highest BCUT2D eigenvalue weighted by atomic mass is 79.9. The molecule has 1 saturated carbocycles. The molecular weight excluding hydrogens is 631 g/mol. The number of nitrogens with zero attached hydrogens (tertiary/aromatic N) is 3. The molecule has 2 amide bonds. The molecule has 0 radical (unpaired) electrons. The van der Waals surface area contributed by atoms with Gasteiger partial charge >= 0.3 is 12.0 Å². The Kier molecular flexibility index (Phi) is 8.05. The van der Waals surface area contributed by atoms with Crippen molar-refractivity contribution in [2.24, 2.45) is 0 Å². The van der Waals surface area contributed by atoms with Gasteiger partial charge in [0.25, 0.3) is 0 Å². The highest BCUT2D eigenvalue weighted by molar-refractivity contribution is 9.10. The number of carboxylic acids is 1. The van der Waals surface area contributed by atoms with Crippen LogP contribution >= 0.6 is 15.9 Å². The molecule has 3 aromatic carbocycles. The van der Waals surface area contributed by atoms with Crippen molar-refractivity contribution >= 4 is 62.1 Å². The van der Waals surface area contributed by atoms with Crippen molar-refractivity contribution in [3.8, 4) is 0 Å². The zero-order chi connectivity index (χ0) is 31.0. The SMILES string of the molecule is O=C(/C=C/c1ccc(Br)cc1)c1ccc(NC(=O)N2CCN(c3cc4c(cc3F)c(=O)c(C(=O)O)cn4C3CC3)CC2)cc1. The van der Waals surface area contributed by atoms with Crippen LogP contribution in [0.3, 0.4) is 0 Å². The van der Waals surface area contributed by atoms with Crippen LogP contribution in [0.1, 0.15) is 45.2 Å². The molecule has 9 nitrogen and oxygen atoms in total. The molecule has 224 valence electrons. The maximum absolute atomic E-state index is 15.3. The molecule has 1 aromatic heterocycles. The highest BCUT2D eigenvalue weighted by Gasteiger charge is 2.29. The number of carbonyl (C=O) groups excluding carboxylic acids is 2. The minimum absolute atomic E-state index is 0.0457. The normalized spacial score (nSPS) is 15.1. The van der Waals surface area contributed by atoms with E-state index in [1.165, 1.54) is 12.3 Å². The van der Waals surface area contributed by atoms with E-state index in [2.05, 4.69) is 21.2 Å². The summed E-state index contributed by atoms with van der Waals surface area (Å²) in [7, 11) is 0. The molecule has 0 spiro atoms. The molecule has 1 aliphatic heterocycles. The Balaban J connectivity index is 1.09. The number of hydrogen-bond donors (Lipinski definition) is 2. The fourth-order valence-corrected chi connectivity index (χ4v) is 5.59. The van der Waals surface area contributed by atoms with Crippen molar-refractivity contribution in [1.29, 1.82) is 0 Å². The maximum atomic E-state index is 15.3. The van der Waals surface area contributed by atoms with Gasteiger partial charge in [0.1, 0.15) is 11.4 Å². The van der Waals surface area contributed by atoms with Gasteiger partial charge in [-0.05, 0) is 73.0 Å². The first-order valence-corrected chi connectivity index (χ1v) is 15.0. The molecule has 44 heavy (non-hydrogen) atoms. The number of aromatic nitrogens is 1. The first-order valence-electron chi connectivity index (χ1n) is 14.2. The number of urea groups is 1. The van der Waals surface area contributed by atoms with Crippen LogP contribution in [0.15, 0.2) is 82.2 Å². The van der Waals surface area contributed by atoms with E-state index in [-0.39, 0.29) is 28.8 Å². The van der Waals surface area contributed by atoms with E-state index < -0.39 is 17.2 Å². The van der Waals surface area contributed by atoms with Crippen LogP contribution in [0.5, 0.6) is 0 Å². The number of hydrogen-bond acceptors (Lipinski definition) is 5. The lowest BCUT2D eigenvalue weighted by Gasteiger charge is -2.36. The van der Waals surface area contributed by atoms with Gasteiger partial charge in [0, 0.05) is 59.5 Å². The van der Waals surface area contributed by atoms with Gasteiger partial charge in [-0.25, -0.2) is 14.0 Å². The number of ketones is 1. The van der Waals surface area contributed by atoms with Crippen LogP contribution in [0.25, 0.3) is 17.0 Å². The number of piperazine rings is 1. The Morgan fingerprint density at radius 2 is 1.64 bits per heavy atom. The summed E-state index contributed by atoms with van der Waals surface area (Å²) in [5, 5.41) is 12.4. The number of carboxylic acid groups (broad SMARTS) is 1. The Morgan fingerprint density at radius 1 is 0.955 bits per heavy atom. The standard InChI is InChI=1S/C33H28BrFN4O5/c34-22-6-1-20(2-7-22)3-12-30(40)21-4-8-23(9-5-21)36-33(44)38-15-13-37(14-16-38)29-18-28-25(17-27(29)35)31(41)26(32(42)43)19-39(28)24-10-11-24/h1-9,12,17-19,24H,10-11,13-16H2,(H,36,44)(H,42,43)/b12-3+. The van der Waals surface area contributed by atoms with E-state index in [4.69, 9.17) is 0 Å². The summed E-state index contributed by atoms with van der Waals surface area (Å²) in [5.74, 6) is -2.10. The van der Waals surface area contributed by atoms with Crippen molar-refractivity contribution in [2.45, 2.75) is 18.9 Å². The number of halogens is 2. The summed E-state index contributed by atoms with van der Waals surface area (Å²) in [6.07, 6.45) is 6.33. The number of rotatable bonds is 7. The third-order valence-corrected chi connectivity index (χ3v) is 8.43. The zero-order valence-electron chi connectivity index (χ0n) is 23.5. The molecule has 2 N–H and O–H groups in total. The fraction of sp³-hybridized carbons (Fsp3) is 0.212. The van der Waals surface area contributed by atoms with Crippen molar-refractivity contribution in [1.82, 2.24) is 9.47 Å². The van der Waals surface area contributed by atoms with E-state index in [0.29, 0.717) is 48.6 Å². The second kappa shape index (κ2) is 12.1. The molecule has 1 saturated heterocycles. The number of allylic oxidation sites excluding steroid dienone is 1. The summed E-state index contributed by atoms with van der Waals surface area (Å²) in [6.45, 7) is 1.42. The van der Waals surface area contributed by atoms with Gasteiger partial charge in [0.15, 0.2) is 5.78 Å². The monoisotopic (exact) mass is 658 g/mol. The largest absolute Gasteiger partial charge is 0.477 e. The molecule has 4 aromatic rings. The number of amides is 2. The molecular formula is C33H28BrFN4O5. The Hall–Kier alpha value is -4.77.